The summed E-state index contributed by atoms with van der Waals surface area (Å²) < 4.78 is 0. The zero-order valence-corrected chi connectivity index (χ0v) is 10.8. The molecule has 0 aromatic rings. The molecule has 1 nitrogen and oxygen atoms in total. The van der Waals surface area contributed by atoms with E-state index in [9.17, 15) is 4.79 Å². The fourth-order valence-corrected chi connectivity index (χ4v) is 2.76. The van der Waals surface area contributed by atoms with Crippen molar-refractivity contribution in [2.24, 2.45) is 23.2 Å². The lowest BCUT2D eigenvalue weighted by Crippen LogP contribution is -2.43. The number of Topliss-reactive ketones (excluding diaryl/α,β-unsaturated/α-hetero) is 1. The lowest BCUT2D eigenvalue weighted by Gasteiger charge is -2.40. The molecule has 84 valence electrons. The smallest absolute Gasteiger partial charge is 0.142 e. The maximum atomic E-state index is 12.3. The molecule has 0 fully saturated rings. The normalized spacial score (nSPS) is 13.0. The molecular formula is C13H26O. The highest BCUT2D eigenvalue weighted by atomic mass is 16.1. The first-order chi connectivity index (χ1) is 6.30. The number of hydrogen-bond acceptors (Lipinski definition) is 1. The summed E-state index contributed by atoms with van der Waals surface area (Å²) in [5.74, 6) is 1.45. The van der Waals surface area contributed by atoms with Crippen LogP contribution in [-0.4, -0.2) is 5.78 Å². The number of ketones is 1. The summed E-state index contributed by atoms with van der Waals surface area (Å²) >= 11 is 0. The molecular weight excluding hydrogens is 172 g/mol. The molecule has 14 heavy (non-hydrogen) atoms. The van der Waals surface area contributed by atoms with E-state index in [0.717, 1.165) is 6.42 Å². The van der Waals surface area contributed by atoms with Crippen LogP contribution in [0.15, 0.2) is 0 Å². The van der Waals surface area contributed by atoms with Gasteiger partial charge >= 0.3 is 0 Å². The molecule has 0 amide bonds. The maximum Gasteiger partial charge on any atom is 0.142 e. The second-order valence-electron chi connectivity index (χ2n) is 5.22. The summed E-state index contributed by atoms with van der Waals surface area (Å²) in [6.45, 7) is 14.8. The molecule has 0 rings (SSSR count). The summed E-state index contributed by atoms with van der Waals surface area (Å²) in [6.07, 6.45) is 0.958. The van der Waals surface area contributed by atoms with E-state index in [4.69, 9.17) is 0 Å². The Labute approximate surface area is 89.3 Å². The molecule has 0 aliphatic carbocycles. The molecule has 0 heterocycles. The second kappa shape index (κ2) is 4.95. The summed E-state index contributed by atoms with van der Waals surface area (Å²) in [4.78, 5) is 12.3. The summed E-state index contributed by atoms with van der Waals surface area (Å²) in [5.41, 5.74) is -0.117. The third-order valence-corrected chi connectivity index (χ3v) is 3.63. The highest BCUT2D eigenvalue weighted by molar-refractivity contribution is 5.87. The van der Waals surface area contributed by atoms with Crippen molar-refractivity contribution in [1.82, 2.24) is 0 Å². The third kappa shape index (κ3) is 2.18. The molecule has 0 saturated heterocycles. The van der Waals surface area contributed by atoms with Crippen molar-refractivity contribution < 1.29 is 4.79 Å². The molecule has 0 aromatic heterocycles. The molecule has 0 radical (unpaired) electrons. The van der Waals surface area contributed by atoms with Crippen LogP contribution >= 0.6 is 0 Å². The zero-order valence-electron chi connectivity index (χ0n) is 10.8. The number of carbonyl (C=O) groups excluding carboxylic acids is 1. The first-order valence-corrected chi connectivity index (χ1v) is 5.84. The molecule has 0 saturated carbocycles. The Morgan fingerprint density at radius 2 is 1.36 bits per heavy atom. The monoisotopic (exact) mass is 198 g/mol. The van der Waals surface area contributed by atoms with Crippen LogP contribution in [0.1, 0.15) is 54.9 Å². The van der Waals surface area contributed by atoms with Crippen LogP contribution in [-0.2, 0) is 4.79 Å². The van der Waals surface area contributed by atoms with Crippen molar-refractivity contribution in [2.75, 3.05) is 0 Å². The lowest BCUT2D eigenvalue weighted by molar-refractivity contribution is -0.138. The summed E-state index contributed by atoms with van der Waals surface area (Å²) in [7, 11) is 0. The van der Waals surface area contributed by atoms with Crippen LogP contribution in [0, 0.1) is 23.2 Å². The van der Waals surface area contributed by atoms with E-state index in [1.54, 1.807) is 0 Å². The minimum atomic E-state index is -0.117. The molecule has 0 spiro atoms. The van der Waals surface area contributed by atoms with Gasteiger partial charge in [-0.3, -0.25) is 4.79 Å². The van der Waals surface area contributed by atoms with Crippen molar-refractivity contribution in [3.63, 3.8) is 0 Å². The van der Waals surface area contributed by atoms with Crippen LogP contribution < -0.4 is 0 Å². The Morgan fingerprint density at radius 1 is 1.00 bits per heavy atom. The van der Waals surface area contributed by atoms with Crippen LogP contribution in [0.4, 0.5) is 0 Å². The van der Waals surface area contributed by atoms with E-state index in [0.29, 0.717) is 17.6 Å². The van der Waals surface area contributed by atoms with Crippen LogP contribution in [0.3, 0.4) is 0 Å². The Morgan fingerprint density at radius 3 is 1.43 bits per heavy atom. The minimum Gasteiger partial charge on any atom is -0.299 e. The van der Waals surface area contributed by atoms with E-state index in [-0.39, 0.29) is 11.3 Å². The van der Waals surface area contributed by atoms with Gasteiger partial charge in [-0.25, -0.2) is 0 Å². The number of carbonyl (C=O) groups is 1. The van der Waals surface area contributed by atoms with Gasteiger partial charge < -0.3 is 0 Å². The van der Waals surface area contributed by atoms with Gasteiger partial charge in [-0.05, 0) is 18.3 Å². The Bertz CT molecular complexity index is 181. The molecule has 0 aliphatic rings. The lowest BCUT2D eigenvalue weighted by atomic mass is 9.62. The van der Waals surface area contributed by atoms with Gasteiger partial charge in [0.1, 0.15) is 5.78 Å². The van der Waals surface area contributed by atoms with Crippen LogP contribution in [0.2, 0.25) is 0 Å². The van der Waals surface area contributed by atoms with Gasteiger partial charge in [0.15, 0.2) is 0 Å². The van der Waals surface area contributed by atoms with Crippen LogP contribution in [0.5, 0.6) is 0 Å². The highest BCUT2D eigenvalue weighted by Crippen LogP contribution is 2.41. The molecule has 0 atom stereocenters. The number of hydrogen-bond donors (Lipinski definition) is 0. The van der Waals surface area contributed by atoms with Gasteiger partial charge in [0, 0.05) is 11.3 Å². The summed E-state index contributed by atoms with van der Waals surface area (Å²) in [5, 5.41) is 0. The molecule has 1 heteroatoms. The van der Waals surface area contributed by atoms with E-state index < -0.39 is 0 Å². The summed E-state index contributed by atoms with van der Waals surface area (Å²) in [6, 6.07) is 0. The first kappa shape index (κ1) is 13.7. The van der Waals surface area contributed by atoms with Crippen molar-refractivity contribution >= 4 is 5.78 Å². The Kier molecular flexibility index (Phi) is 4.83. The number of rotatable bonds is 5. The molecule has 0 bridgehead atoms. The topological polar surface area (TPSA) is 17.1 Å². The first-order valence-electron chi connectivity index (χ1n) is 5.84. The fraction of sp³-hybridized carbons (Fsp3) is 0.923. The largest absolute Gasteiger partial charge is 0.299 e. The van der Waals surface area contributed by atoms with Gasteiger partial charge in [0.2, 0.25) is 0 Å². The SMILES string of the molecule is CCC(C(=O)C(C)C)(C(C)C)C(C)C. The standard InChI is InChI=1S/C13H26O/c1-8-13(10(4)5,11(6)7)12(14)9(2)3/h9-11H,8H2,1-7H3. The average molecular weight is 198 g/mol. The van der Waals surface area contributed by atoms with E-state index >= 15 is 0 Å². The van der Waals surface area contributed by atoms with Crippen molar-refractivity contribution in [1.29, 1.82) is 0 Å². The van der Waals surface area contributed by atoms with E-state index in [1.165, 1.54) is 0 Å². The van der Waals surface area contributed by atoms with Gasteiger partial charge in [-0.1, -0.05) is 48.5 Å². The molecule has 0 N–H and O–H groups in total. The average Bonchev–Trinajstić information content (AvgIpc) is 2.04. The quantitative estimate of drug-likeness (QED) is 0.654. The van der Waals surface area contributed by atoms with Crippen molar-refractivity contribution in [2.45, 2.75) is 54.9 Å². The zero-order chi connectivity index (χ0) is 11.5. The second-order valence-corrected chi connectivity index (χ2v) is 5.22. The molecule has 0 unspecified atom stereocenters. The van der Waals surface area contributed by atoms with Gasteiger partial charge in [0.05, 0.1) is 0 Å². The van der Waals surface area contributed by atoms with Gasteiger partial charge in [-0.15, -0.1) is 0 Å². The Balaban J connectivity index is 5.15. The fourth-order valence-electron chi connectivity index (χ4n) is 2.76. The van der Waals surface area contributed by atoms with Crippen molar-refractivity contribution in [3.8, 4) is 0 Å². The van der Waals surface area contributed by atoms with Gasteiger partial charge in [0.25, 0.3) is 0 Å². The predicted octanol–water partition coefficient (Wildman–Crippen LogP) is 3.92. The van der Waals surface area contributed by atoms with E-state index in [1.807, 2.05) is 13.8 Å². The van der Waals surface area contributed by atoms with E-state index in [2.05, 4.69) is 34.6 Å². The highest BCUT2D eigenvalue weighted by Gasteiger charge is 2.42. The predicted molar refractivity (Wildman–Crippen MR) is 62.2 cm³/mol. The third-order valence-electron chi connectivity index (χ3n) is 3.63. The maximum absolute atomic E-state index is 12.3. The van der Waals surface area contributed by atoms with Crippen molar-refractivity contribution in [3.05, 3.63) is 0 Å². The van der Waals surface area contributed by atoms with Crippen LogP contribution in [0.25, 0.3) is 0 Å². The minimum absolute atomic E-state index is 0.117. The van der Waals surface area contributed by atoms with Gasteiger partial charge in [-0.2, -0.15) is 0 Å². The molecule has 0 aliphatic heterocycles. The Hall–Kier alpha value is -0.330. The molecule has 0 aromatic carbocycles.